The summed E-state index contributed by atoms with van der Waals surface area (Å²) in [5, 5.41) is 16.4. The predicted octanol–water partition coefficient (Wildman–Crippen LogP) is 3.07. The molecule has 0 aliphatic heterocycles. The first-order valence-corrected chi connectivity index (χ1v) is 14.8. The van der Waals surface area contributed by atoms with Crippen molar-refractivity contribution < 1.29 is 52.8 Å². The fraction of sp³-hybridized carbons (Fsp3) is 0.406. The van der Waals surface area contributed by atoms with Crippen LogP contribution in [-0.4, -0.2) is 72.7 Å². The number of nitrogens with one attached hydrogen (secondary N) is 3. The second-order valence-electron chi connectivity index (χ2n) is 10.4. The molecule has 0 aromatic heterocycles. The van der Waals surface area contributed by atoms with Crippen LogP contribution in [-0.2, 0) is 51.0 Å². The van der Waals surface area contributed by atoms with E-state index in [0.717, 1.165) is 0 Å². The fourth-order valence-electron chi connectivity index (χ4n) is 4.04. The van der Waals surface area contributed by atoms with Gasteiger partial charge in [0.25, 0.3) is 0 Å². The number of carbonyl (C=O) groups is 6. The highest BCUT2D eigenvalue weighted by Crippen LogP contribution is 2.17. The molecule has 0 saturated heterocycles. The number of aliphatic carboxylic acids is 1. The summed E-state index contributed by atoms with van der Waals surface area (Å²) in [5.41, 5.74) is 1.38. The van der Waals surface area contributed by atoms with Crippen molar-refractivity contribution in [1.29, 1.82) is 0 Å². The average molecular weight is 657 g/mol. The smallest absolute Gasteiger partial charge is 0.416 e. The van der Waals surface area contributed by atoms with Crippen molar-refractivity contribution in [3.63, 3.8) is 0 Å². The van der Waals surface area contributed by atoms with Crippen LogP contribution >= 0.6 is 0 Å². The molecule has 2 aromatic rings. The van der Waals surface area contributed by atoms with E-state index >= 15 is 0 Å². The number of amides is 3. The van der Waals surface area contributed by atoms with Crippen LogP contribution in [0.4, 0.5) is 9.59 Å². The number of ether oxygens (including phenoxy) is 4. The van der Waals surface area contributed by atoms with E-state index in [9.17, 15) is 33.9 Å². The van der Waals surface area contributed by atoms with Crippen LogP contribution in [0.15, 0.2) is 65.7 Å². The topological polar surface area (TPSA) is 208 Å². The Labute approximate surface area is 272 Å². The summed E-state index contributed by atoms with van der Waals surface area (Å²) in [4.78, 5) is 77.1. The van der Waals surface area contributed by atoms with Crippen LogP contribution in [0.3, 0.4) is 0 Å². The lowest BCUT2D eigenvalue weighted by Gasteiger charge is -2.22. The van der Waals surface area contributed by atoms with Gasteiger partial charge in [-0.1, -0.05) is 80.9 Å². The number of carboxylic acids is 1. The Morgan fingerprint density at radius 1 is 0.745 bits per heavy atom. The molecule has 15 nitrogen and oxygen atoms in total. The molecule has 0 saturated carbocycles. The number of nitrogens with zero attached hydrogens (tertiary/aromatic N) is 1. The van der Waals surface area contributed by atoms with Gasteiger partial charge in [0.05, 0.1) is 18.9 Å². The number of carbonyl (C=O) groups excluding carboxylic acids is 5. The Hall–Kier alpha value is -5.47. The van der Waals surface area contributed by atoms with E-state index in [1.165, 1.54) is 6.92 Å². The van der Waals surface area contributed by atoms with Gasteiger partial charge in [-0.25, -0.2) is 19.4 Å². The summed E-state index contributed by atoms with van der Waals surface area (Å²) in [6.45, 7) is 3.47. The van der Waals surface area contributed by atoms with Gasteiger partial charge in [0.2, 0.25) is 25.5 Å². The number of carboxylic acid groups (broad SMARTS) is 1. The predicted molar refractivity (Wildman–Crippen MR) is 167 cm³/mol. The van der Waals surface area contributed by atoms with Crippen molar-refractivity contribution in [3.05, 3.63) is 71.8 Å². The van der Waals surface area contributed by atoms with Gasteiger partial charge in [0.1, 0.15) is 6.04 Å². The Morgan fingerprint density at radius 3 is 1.62 bits per heavy atom. The van der Waals surface area contributed by atoms with Crippen molar-refractivity contribution in [1.82, 2.24) is 16.0 Å². The van der Waals surface area contributed by atoms with Crippen molar-refractivity contribution in [2.24, 2.45) is 10.9 Å². The summed E-state index contributed by atoms with van der Waals surface area (Å²) in [6.07, 6.45) is -1.65. The van der Waals surface area contributed by atoms with Gasteiger partial charge >= 0.3 is 30.1 Å². The first-order valence-electron chi connectivity index (χ1n) is 14.8. The molecule has 254 valence electrons. The van der Waals surface area contributed by atoms with Crippen LogP contribution in [0.5, 0.6) is 0 Å². The first kappa shape index (κ1) is 37.7. The maximum Gasteiger partial charge on any atom is 0.416 e. The average Bonchev–Trinajstić information content (AvgIpc) is 3.01. The summed E-state index contributed by atoms with van der Waals surface area (Å²) < 4.78 is 19.7. The zero-order valence-electron chi connectivity index (χ0n) is 26.4. The Kier molecular flexibility index (Phi) is 16.5. The fourth-order valence-corrected chi connectivity index (χ4v) is 4.04. The molecule has 47 heavy (non-hydrogen) atoms. The molecule has 0 radical (unpaired) electrons. The highest BCUT2D eigenvalue weighted by molar-refractivity contribution is 6.01. The normalized spacial score (nSPS) is 12.2. The standard InChI is InChI=1S/C32H40N4O11/c1-4-21(2)15-25(18-26(29(40)41)33-22(3)37)34-30(35-31(42)46-19-44-27(38)16-23-11-7-5-8-12-23)36-32(43)47-20-45-28(39)17-24-13-9-6-10-14-24/h5-14,21,25-26H,4,15-20H2,1-3H3,(H,33,37)(H,40,41)(H2,34,35,36,42,43). The maximum atomic E-state index is 12.6. The van der Waals surface area contributed by atoms with Crippen LogP contribution in [0, 0.1) is 5.92 Å². The van der Waals surface area contributed by atoms with E-state index in [1.54, 1.807) is 60.7 Å². The number of hydrogen-bond acceptors (Lipinski definition) is 11. The number of guanidine groups is 1. The molecule has 2 aromatic carbocycles. The van der Waals surface area contributed by atoms with Gasteiger partial charge in [0, 0.05) is 13.3 Å². The molecule has 0 aliphatic rings. The second kappa shape index (κ2) is 20.5. The van der Waals surface area contributed by atoms with Crippen LogP contribution < -0.4 is 16.0 Å². The molecule has 3 amide bonds. The number of rotatable bonds is 16. The highest BCUT2D eigenvalue weighted by atomic mass is 16.7. The Balaban J connectivity index is 2.10. The van der Waals surface area contributed by atoms with E-state index in [1.807, 2.05) is 13.8 Å². The van der Waals surface area contributed by atoms with E-state index < -0.39 is 67.6 Å². The van der Waals surface area contributed by atoms with E-state index in [0.29, 0.717) is 24.0 Å². The van der Waals surface area contributed by atoms with Gasteiger partial charge in [0.15, 0.2) is 0 Å². The van der Waals surface area contributed by atoms with Gasteiger partial charge in [-0.15, -0.1) is 0 Å². The molecule has 4 N–H and O–H groups in total. The zero-order chi connectivity index (χ0) is 34.6. The molecular weight excluding hydrogens is 616 g/mol. The van der Waals surface area contributed by atoms with Crippen molar-refractivity contribution in [2.45, 2.75) is 65.0 Å². The van der Waals surface area contributed by atoms with Crippen LogP contribution in [0.25, 0.3) is 0 Å². The first-order chi connectivity index (χ1) is 22.4. The van der Waals surface area contributed by atoms with E-state index in [-0.39, 0.29) is 25.2 Å². The molecular formula is C32H40N4O11. The van der Waals surface area contributed by atoms with Crippen molar-refractivity contribution in [2.75, 3.05) is 13.6 Å². The minimum atomic E-state index is -1.32. The van der Waals surface area contributed by atoms with Crippen LogP contribution in [0.2, 0.25) is 0 Å². The number of esters is 2. The number of benzene rings is 2. The monoisotopic (exact) mass is 656 g/mol. The van der Waals surface area contributed by atoms with E-state index in [2.05, 4.69) is 20.9 Å². The third kappa shape index (κ3) is 16.4. The van der Waals surface area contributed by atoms with E-state index in [4.69, 9.17) is 18.9 Å². The van der Waals surface area contributed by atoms with Gasteiger partial charge in [-0.3, -0.25) is 25.0 Å². The number of aliphatic imine (C=N–C) groups is 1. The second-order valence-corrected chi connectivity index (χ2v) is 10.4. The SMILES string of the molecule is CCC(C)CC(CC(NC(C)=O)C(=O)O)N=C(NC(=O)OCOC(=O)Cc1ccccc1)NC(=O)OCOC(=O)Cc1ccccc1. The Morgan fingerprint density at radius 2 is 1.21 bits per heavy atom. The van der Waals surface area contributed by atoms with Crippen molar-refractivity contribution in [3.8, 4) is 0 Å². The number of hydrogen-bond donors (Lipinski definition) is 4. The molecule has 0 aliphatic carbocycles. The molecule has 0 bridgehead atoms. The zero-order valence-corrected chi connectivity index (χ0v) is 26.4. The largest absolute Gasteiger partial charge is 0.480 e. The summed E-state index contributed by atoms with van der Waals surface area (Å²) in [7, 11) is 0. The van der Waals surface area contributed by atoms with Crippen LogP contribution in [0.1, 0.15) is 51.2 Å². The van der Waals surface area contributed by atoms with Crippen molar-refractivity contribution >= 4 is 42.0 Å². The summed E-state index contributed by atoms with van der Waals surface area (Å²) >= 11 is 0. The Bertz CT molecular complexity index is 1290. The lowest BCUT2D eigenvalue weighted by Crippen LogP contribution is -2.46. The van der Waals surface area contributed by atoms with Gasteiger partial charge in [-0.05, 0) is 23.5 Å². The third-order valence-electron chi connectivity index (χ3n) is 6.51. The summed E-state index contributed by atoms with van der Waals surface area (Å²) in [5.74, 6) is -3.66. The molecule has 0 spiro atoms. The molecule has 0 heterocycles. The van der Waals surface area contributed by atoms with Gasteiger partial charge in [-0.2, -0.15) is 0 Å². The molecule has 0 fully saturated rings. The molecule has 3 atom stereocenters. The third-order valence-corrected chi connectivity index (χ3v) is 6.51. The molecule has 2 rings (SSSR count). The minimum absolute atomic E-state index is 0.0312. The molecule has 15 heteroatoms. The molecule has 3 unspecified atom stereocenters. The summed E-state index contributed by atoms with van der Waals surface area (Å²) in [6, 6.07) is 15.3. The highest BCUT2D eigenvalue weighted by Gasteiger charge is 2.26. The minimum Gasteiger partial charge on any atom is -0.480 e. The lowest BCUT2D eigenvalue weighted by atomic mass is 9.95. The quantitative estimate of drug-likeness (QED) is 0.0893. The lowest BCUT2D eigenvalue weighted by molar-refractivity contribution is -0.152. The maximum absolute atomic E-state index is 12.6. The van der Waals surface area contributed by atoms with Gasteiger partial charge < -0.3 is 29.4 Å². The number of alkyl carbamates (subject to hydrolysis) is 2.